The van der Waals surface area contributed by atoms with E-state index in [4.69, 9.17) is 8.50 Å². The van der Waals surface area contributed by atoms with Crippen molar-refractivity contribution in [3.8, 4) is 0 Å². The summed E-state index contributed by atoms with van der Waals surface area (Å²) in [7, 11) is 3.07. The van der Waals surface area contributed by atoms with Gasteiger partial charge >= 0.3 is 326 Å². The predicted molar refractivity (Wildman–Crippen MR) is 234 cm³/mol. The van der Waals surface area contributed by atoms with Crippen molar-refractivity contribution in [3.63, 3.8) is 0 Å². The molecule has 1 saturated heterocycles. The van der Waals surface area contributed by atoms with Crippen molar-refractivity contribution >= 4 is 41.7 Å². The van der Waals surface area contributed by atoms with Crippen molar-refractivity contribution in [2.24, 2.45) is 0 Å². The molecule has 1 fully saturated rings. The quantitative estimate of drug-likeness (QED) is 0.167. The number of hydrogen-bond acceptors (Lipinski definition) is 2. The van der Waals surface area contributed by atoms with E-state index in [0.29, 0.717) is 17.8 Å². The Labute approximate surface area is 324 Å². The monoisotopic (exact) mass is 784 g/mol. The van der Waals surface area contributed by atoms with E-state index >= 15 is 0 Å². The van der Waals surface area contributed by atoms with Gasteiger partial charge in [-0.1, -0.05) is 0 Å². The van der Waals surface area contributed by atoms with E-state index in [2.05, 4.69) is 191 Å². The van der Waals surface area contributed by atoms with E-state index in [1.165, 1.54) is 55.4 Å². The van der Waals surface area contributed by atoms with Crippen LogP contribution in [0.5, 0.6) is 0 Å². The van der Waals surface area contributed by atoms with Gasteiger partial charge in [-0.15, -0.1) is 0 Å². The summed E-state index contributed by atoms with van der Waals surface area (Å²) >= 11 is -3.78. The summed E-state index contributed by atoms with van der Waals surface area (Å²) in [5.41, 5.74) is 9.65. The van der Waals surface area contributed by atoms with Crippen LogP contribution in [0.1, 0.15) is 181 Å². The summed E-state index contributed by atoms with van der Waals surface area (Å²) in [5.74, 6) is 0.215. The third-order valence-electron chi connectivity index (χ3n) is 10.9. The van der Waals surface area contributed by atoms with Gasteiger partial charge in [-0.3, -0.25) is 0 Å². The molecule has 2 nitrogen and oxygen atoms in total. The number of methoxy groups -OCH3 is 1. The second kappa shape index (κ2) is 14.9. The van der Waals surface area contributed by atoms with Crippen LogP contribution in [-0.2, 0) is 24.7 Å². The Balaban J connectivity index is 2.31. The molecule has 0 amide bonds. The topological polar surface area (TPSA) is 18.5 Å². The minimum absolute atomic E-state index is 0.0281. The molecule has 284 valence electrons. The van der Waals surface area contributed by atoms with Gasteiger partial charge in [0.05, 0.1) is 0 Å². The van der Waals surface area contributed by atoms with Gasteiger partial charge in [0.2, 0.25) is 0 Å². The molecule has 0 aliphatic carbocycles. The number of ether oxygens (including phenoxy) is 1. The molecule has 3 aromatic carbocycles. The molecule has 0 spiro atoms. The first-order valence-corrected chi connectivity index (χ1v) is 24.6. The Morgan fingerprint density at radius 3 is 1.52 bits per heavy atom. The van der Waals surface area contributed by atoms with Crippen LogP contribution in [0.25, 0.3) is 6.08 Å². The van der Waals surface area contributed by atoms with Crippen LogP contribution in [0.4, 0.5) is 0 Å². The molecule has 1 heterocycles. The Bertz CT molecular complexity index is 1740. The average molecular weight is 784 g/mol. The Hall–Kier alpha value is -1.97. The molecule has 0 aromatic heterocycles. The van der Waals surface area contributed by atoms with Crippen LogP contribution in [-0.4, -0.2) is 30.6 Å². The molecular formula is C48H71GeO2P. The van der Waals surface area contributed by atoms with Gasteiger partial charge < -0.3 is 0 Å². The second-order valence-electron chi connectivity index (χ2n) is 20.3. The minimum atomic E-state index is -3.78. The molecule has 4 heteroatoms. The van der Waals surface area contributed by atoms with E-state index in [-0.39, 0.29) is 20.5 Å². The summed E-state index contributed by atoms with van der Waals surface area (Å²) in [6.45, 7) is 42.9. The fraction of sp³-hybridized carbons (Fsp3) is 0.562. The zero-order valence-corrected chi connectivity index (χ0v) is 39.3. The van der Waals surface area contributed by atoms with Gasteiger partial charge in [0.25, 0.3) is 0 Å². The number of rotatable bonds is 8. The van der Waals surface area contributed by atoms with E-state index in [9.17, 15) is 0 Å². The summed E-state index contributed by atoms with van der Waals surface area (Å²) < 4.78 is 17.4. The van der Waals surface area contributed by atoms with Crippen molar-refractivity contribution in [2.75, 3.05) is 7.11 Å². The van der Waals surface area contributed by atoms with Crippen molar-refractivity contribution < 1.29 is 8.50 Å². The fourth-order valence-corrected chi connectivity index (χ4v) is 24.4. The number of hydrogen-bond donors (Lipinski definition) is 0. The van der Waals surface area contributed by atoms with Crippen LogP contribution in [0.15, 0.2) is 60.7 Å². The van der Waals surface area contributed by atoms with E-state index in [1.807, 2.05) is 7.11 Å². The van der Waals surface area contributed by atoms with E-state index < -0.39 is 19.4 Å². The fourth-order valence-electron chi connectivity index (χ4n) is 7.63. The van der Waals surface area contributed by atoms with Gasteiger partial charge in [-0.05, 0) is 0 Å². The van der Waals surface area contributed by atoms with Crippen molar-refractivity contribution in [1.29, 1.82) is 0 Å². The molecule has 4 rings (SSSR count). The van der Waals surface area contributed by atoms with Crippen LogP contribution in [0.3, 0.4) is 0 Å². The third kappa shape index (κ3) is 8.17. The Morgan fingerprint density at radius 2 is 1.15 bits per heavy atom. The van der Waals surface area contributed by atoms with Crippen molar-refractivity contribution in [1.82, 2.24) is 0 Å². The van der Waals surface area contributed by atoms with E-state index in [1.54, 1.807) is 0 Å². The Kier molecular flexibility index (Phi) is 12.3. The molecule has 0 bridgehead atoms. The number of benzene rings is 3. The zero-order chi connectivity index (χ0) is 39.4. The normalized spacial score (nSPS) is 21.2. The summed E-state index contributed by atoms with van der Waals surface area (Å²) in [6.07, 6.45) is 4.43. The summed E-state index contributed by atoms with van der Waals surface area (Å²) in [6, 6.07) is 20.7. The first kappa shape index (κ1) is 42.8. The van der Waals surface area contributed by atoms with Gasteiger partial charge in [-0.2, -0.15) is 0 Å². The molecule has 0 radical (unpaired) electrons. The molecule has 2 atom stereocenters. The van der Waals surface area contributed by atoms with Crippen molar-refractivity contribution in [3.05, 3.63) is 99.6 Å². The Morgan fingerprint density at radius 1 is 0.673 bits per heavy atom. The van der Waals surface area contributed by atoms with Gasteiger partial charge in [0, 0.05) is 0 Å². The molecule has 52 heavy (non-hydrogen) atoms. The SMILES string of the molecule is CO[C@]1(/C=C/c2ccccc2)[O][Ge@]([c]2c(C(C)C)cc(C(C)C)cc2C(C)C)([C](C)(C)C)[C]1=Pc1c(C(C)(C)C)cc(C(C)(C)C)cc1C(C)(C)C. The standard InChI is InChI=1S/C48H71GeO2P/c1-31(2)35-27-37(32(3)4)41(38(28-35)33(5)6)49(47(16,17)18)43(48(50-19,51-49)26-25-34-23-21-20-22-24-34)52-42-39(45(10,11)12)29-36(44(7,8)9)30-40(42)46(13,14)15/h20-33H,1-19H3/b26-25+/t48-,49+/m1/s1. The van der Waals surface area contributed by atoms with Gasteiger partial charge in [0.15, 0.2) is 0 Å². The maximum atomic E-state index is 7.87. The first-order valence-electron chi connectivity index (χ1n) is 19.7. The van der Waals surface area contributed by atoms with E-state index in [0.717, 1.165) is 5.56 Å². The summed E-state index contributed by atoms with van der Waals surface area (Å²) in [4.78, 5) is 0. The van der Waals surface area contributed by atoms with Crippen LogP contribution in [0, 0.1) is 0 Å². The third-order valence-corrected chi connectivity index (χ3v) is 25.0. The van der Waals surface area contributed by atoms with Crippen LogP contribution in [0.2, 0.25) is 4.25 Å². The van der Waals surface area contributed by atoms with Gasteiger partial charge in [0.1, 0.15) is 0 Å². The first-order chi connectivity index (χ1) is 23.7. The molecule has 0 unspecified atom stereocenters. The second-order valence-corrected chi connectivity index (χ2v) is 30.9. The average Bonchev–Trinajstić information content (AvgIpc) is 3.01. The molecule has 3 aromatic rings. The zero-order valence-electron chi connectivity index (χ0n) is 36.3. The summed E-state index contributed by atoms with van der Waals surface area (Å²) in [5, 5.41) is 1.43. The molecule has 0 saturated carbocycles. The molecular weight excluding hydrogens is 712 g/mol. The van der Waals surface area contributed by atoms with Crippen LogP contribution < -0.4 is 9.70 Å². The van der Waals surface area contributed by atoms with Gasteiger partial charge in [-0.25, -0.2) is 0 Å². The van der Waals surface area contributed by atoms with Crippen LogP contribution >= 0.6 is 8.20 Å². The molecule has 0 N–H and O–H groups in total. The maximum absolute atomic E-state index is 7.87. The predicted octanol–water partition coefficient (Wildman–Crippen LogP) is 13.0. The molecule has 1 aliphatic heterocycles. The molecule has 1 aliphatic rings. The van der Waals surface area contributed by atoms with Crippen molar-refractivity contribution in [2.45, 2.75) is 169 Å².